The molecular formula is C22H15F5NOP. The molecule has 30 heavy (non-hydrogen) atoms. The molecule has 154 valence electrons. The summed E-state index contributed by atoms with van der Waals surface area (Å²) in [5.41, 5.74) is -1.13. The van der Waals surface area contributed by atoms with E-state index in [0.717, 1.165) is 10.6 Å². The third-order valence-electron chi connectivity index (χ3n) is 4.66. The summed E-state index contributed by atoms with van der Waals surface area (Å²) in [6.45, 7) is -0.00662. The molecule has 0 saturated carbocycles. The molecule has 1 atom stereocenters. The van der Waals surface area contributed by atoms with E-state index in [0.29, 0.717) is 6.16 Å². The molecule has 3 aromatic rings. The number of hydrogen-bond acceptors (Lipinski definition) is 2. The van der Waals surface area contributed by atoms with Crippen molar-refractivity contribution in [3.63, 3.8) is 0 Å². The van der Waals surface area contributed by atoms with Crippen molar-refractivity contribution in [1.82, 2.24) is 0 Å². The van der Waals surface area contributed by atoms with Crippen LogP contribution in [0.3, 0.4) is 0 Å². The van der Waals surface area contributed by atoms with Crippen LogP contribution in [0.15, 0.2) is 65.7 Å². The third-order valence-corrected chi connectivity index (χ3v) is 7.29. The van der Waals surface area contributed by atoms with Crippen molar-refractivity contribution in [2.45, 2.75) is 6.04 Å². The number of halogens is 5. The minimum absolute atomic E-state index is 0.00662. The van der Waals surface area contributed by atoms with E-state index in [1.807, 2.05) is 60.7 Å². The van der Waals surface area contributed by atoms with Crippen LogP contribution >= 0.6 is 7.92 Å². The summed E-state index contributed by atoms with van der Waals surface area (Å²) in [6.07, 6.45) is 0.502. The van der Waals surface area contributed by atoms with Crippen LogP contribution in [0.25, 0.3) is 0 Å². The summed E-state index contributed by atoms with van der Waals surface area (Å²) < 4.78 is 73.8. The second-order valence-electron chi connectivity index (χ2n) is 6.63. The first-order chi connectivity index (χ1) is 14.5. The van der Waals surface area contributed by atoms with Gasteiger partial charge in [-0.05, 0) is 18.5 Å². The zero-order valence-corrected chi connectivity index (χ0v) is 16.4. The molecule has 1 heterocycles. The summed E-state index contributed by atoms with van der Waals surface area (Å²) in [7, 11) is -0.866. The summed E-state index contributed by atoms with van der Waals surface area (Å²) in [6, 6.07) is 19.0. The first-order valence-electron chi connectivity index (χ1n) is 9.07. The van der Waals surface area contributed by atoms with Crippen LogP contribution in [0, 0.1) is 29.1 Å². The van der Waals surface area contributed by atoms with Gasteiger partial charge in [-0.25, -0.2) is 26.9 Å². The van der Waals surface area contributed by atoms with Crippen LogP contribution < -0.4 is 10.6 Å². The summed E-state index contributed by atoms with van der Waals surface area (Å²) in [5.74, 6) is -10.7. The van der Waals surface area contributed by atoms with E-state index in [-0.39, 0.29) is 6.61 Å². The van der Waals surface area contributed by atoms with E-state index in [9.17, 15) is 22.0 Å². The van der Waals surface area contributed by atoms with Crippen LogP contribution in [-0.4, -0.2) is 24.7 Å². The minimum Gasteiger partial charge on any atom is -0.475 e. The van der Waals surface area contributed by atoms with Crippen molar-refractivity contribution in [2.75, 3.05) is 12.8 Å². The Labute approximate surface area is 170 Å². The zero-order chi connectivity index (χ0) is 21.3. The van der Waals surface area contributed by atoms with Gasteiger partial charge in [-0.3, -0.25) is 0 Å². The van der Waals surface area contributed by atoms with E-state index in [4.69, 9.17) is 4.74 Å². The van der Waals surface area contributed by atoms with Gasteiger partial charge in [-0.2, -0.15) is 0 Å². The Bertz CT molecular complexity index is 1020. The second kappa shape index (κ2) is 8.52. The highest BCUT2D eigenvalue weighted by Crippen LogP contribution is 2.36. The van der Waals surface area contributed by atoms with Crippen molar-refractivity contribution in [1.29, 1.82) is 0 Å². The van der Waals surface area contributed by atoms with Gasteiger partial charge in [0.25, 0.3) is 0 Å². The molecule has 0 bridgehead atoms. The van der Waals surface area contributed by atoms with Crippen LogP contribution in [0.5, 0.6) is 0 Å². The van der Waals surface area contributed by atoms with Gasteiger partial charge >= 0.3 is 0 Å². The molecule has 0 aromatic heterocycles. The molecular weight excluding hydrogens is 420 g/mol. The molecule has 3 aromatic carbocycles. The van der Waals surface area contributed by atoms with Gasteiger partial charge in [0.1, 0.15) is 12.2 Å². The number of aliphatic imine (C=N–C) groups is 1. The quantitative estimate of drug-likeness (QED) is 0.247. The van der Waals surface area contributed by atoms with Crippen LogP contribution in [-0.2, 0) is 4.74 Å². The summed E-state index contributed by atoms with van der Waals surface area (Å²) >= 11 is 0. The molecule has 0 aliphatic carbocycles. The largest absolute Gasteiger partial charge is 0.475 e. The maximum absolute atomic E-state index is 14.1. The van der Waals surface area contributed by atoms with Gasteiger partial charge in [-0.1, -0.05) is 60.7 Å². The average molecular weight is 435 g/mol. The third kappa shape index (κ3) is 3.82. The van der Waals surface area contributed by atoms with Gasteiger partial charge in [0.15, 0.2) is 23.3 Å². The predicted octanol–water partition coefficient (Wildman–Crippen LogP) is 4.66. The highest BCUT2D eigenvalue weighted by atomic mass is 31.1. The number of ether oxygens (including phenoxy) is 1. The standard InChI is InChI=1S/C22H15F5NOP/c23-17-16(18(24)20(26)21(27)19(17)25)22-28-13(11-29-22)12-30(14-7-3-1-4-8-14)15-9-5-2-6-10-15/h1-10,13H,11-12H2/t13-/m0/s1. The van der Waals surface area contributed by atoms with Crippen molar-refractivity contribution in [3.8, 4) is 0 Å². The van der Waals surface area contributed by atoms with Crippen LogP contribution in [0.2, 0.25) is 0 Å². The lowest BCUT2D eigenvalue weighted by Gasteiger charge is -2.20. The molecule has 4 rings (SSSR count). The highest BCUT2D eigenvalue weighted by molar-refractivity contribution is 7.73. The highest BCUT2D eigenvalue weighted by Gasteiger charge is 2.33. The van der Waals surface area contributed by atoms with E-state index >= 15 is 0 Å². The summed E-state index contributed by atoms with van der Waals surface area (Å²) in [4.78, 5) is 4.16. The Balaban J connectivity index is 1.67. The van der Waals surface area contributed by atoms with Gasteiger partial charge in [0.05, 0.1) is 6.04 Å². The Morgan fingerprint density at radius 1 is 0.733 bits per heavy atom. The summed E-state index contributed by atoms with van der Waals surface area (Å²) in [5, 5.41) is 2.16. The zero-order valence-electron chi connectivity index (χ0n) is 15.5. The molecule has 0 saturated heterocycles. The van der Waals surface area contributed by atoms with Crippen molar-refractivity contribution >= 4 is 24.4 Å². The maximum Gasteiger partial charge on any atom is 0.222 e. The molecule has 1 aliphatic rings. The maximum atomic E-state index is 14.1. The molecule has 2 nitrogen and oxygen atoms in total. The van der Waals surface area contributed by atoms with E-state index in [1.165, 1.54) is 0 Å². The van der Waals surface area contributed by atoms with Gasteiger partial charge < -0.3 is 4.74 Å². The fraction of sp³-hybridized carbons (Fsp3) is 0.136. The fourth-order valence-corrected chi connectivity index (χ4v) is 5.62. The SMILES string of the molecule is Fc1c(F)c(F)c(C2=N[C@H](CP(c3ccccc3)c3ccccc3)CO2)c(F)c1F. The smallest absolute Gasteiger partial charge is 0.222 e. The molecule has 0 spiro atoms. The lowest BCUT2D eigenvalue weighted by molar-refractivity contribution is 0.318. The van der Waals surface area contributed by atoms with E-state index in [1.54, 1.807) is 0 Å². The lowest BCUT2D eigenvalue weighted by Crippen LogP contribution is -2.21. The number of benzene rings is 3. The monoisotopic (exact) mass is 435 g/mol. The molecule has 0 fully saturated rings. The van der Waals surface area contributed by atoms with Crippen molar-refractivity contribution in [2.24, 2.45) is 4.99 Å². The Morgan fingerprint density at radius 2 is 1.20 bits per heavy atom. The Morgan fingerprint density at radius 3 is 1.70 bits per heavy atom. The normalized spacial score (nSPS) is 15.9. The molecule has 0 N–H and O–H groups in total. The van der Waals surface area contributed by atoms with Crippen LogP contribution in [0.4, 0.5) is 22.0 Å². The topological polar surface area (TPSA) is 21.6 Å². The molecule has 0 radical (unpaired) electrons. The number of rotatable bonds is 5. The molecule has 1 aliphatic heterocycles. The Kier molecular flexibility index (Phi) is 5.82. The van der Waals surface area contributed by atoms with Gasteiger partial charge in [0.2, 0.25) is 11.7 Å². The molecule has 0 amide bonds. The lowest BCUT2D eigenvalue weighted by atomic mass is 10.1. The van der Waals surface area contributed by atoms with Crippen molar-refractivity contribution < 1.29 is 26.7 Å². The Hall–Kier alpha value is -2.79. The number of nitrogens with zero attached hydrogens (tertiary/aromatic N) is 1. The van der Waals surface area contributed by atoms with Crippen LogP contribution in [0.1, 0.15) is 5.56 Å². The average Bonchev–Trinajstić information content (AvgIpc) is 3.24. The van der Waals surface area contributed by atoms with E-state index < -0.39 is 54.5 Å². The fourth-order valence-electron chi connectivity index (χ4n) is 3.22. The van der Waals surface area contributed by atoms with Gasteiger partial charge in [-0.15, -0.1) is 0 Å². The van der Waals surface area contributed by atoms with E-state index in [2.05, 4.69) is 4.99 Å². The minimum atomic E-state index is -2.21. The predicted molar refractivity (Wildman–Crippen MR) is 106 cm³/mol. The second-order valence-corrected chi connectivity index (χ2v) is 8.88. The first-order valence-corrected chi connectivity index (χ1v) is 10.6. The van der Waals surface area contributed by atoms with Gasteiger partial charge in [0, 0.05) is 6.16 Å². The molecule has 8 heteroatoms. The molecule has 0 unspecified atom stereocenters. The van der Waals surface area contributed by atoms with Crippen molar-refractivity contribution in [3.05, 3.63) is 95.3 Å². The number of hydrogen-bond donors (Lipinski definition) is 0. The first kappa shape index (κ1) is 20.5.